The van der Waals surface area contributed by atoms with Crippen LogP contribution in [0.25, 0.3) is 0 Å². The minimum Gasteiger partial charge on any atom is -0.395 e. The summed E-state index contributed by atoms with van der Waals surface area (Å²) in [4.78, 5) is 0. The summed E-state index contributed by atoms with van der Waals surface area (Å²) in [6.07, 6.45) is 3.60. The molecule has 1 aromatic rings. The number of rotatable bonds is 2. The van der Waals surface area contributed by atoms with E-state index >= 15 is 0 Å². The Morgan fingerprint density at radius 1 is 0.944 bits per heavy atom. The van der Waals surface area contributed by atoms with Crippen molar-refractivity contribution in [1.82, 2.24) is 0 Å². The third-order valence-corrected chi connectivity index (χ3v) is 4.47. The molecule has 3 rings (SSSR count). The van der Waals surface area contributed by atoms with E-state index in [4.69, 9.17) is 9.47 Å². The maximum absolute atomic E-state index is 9.84. The Balaban J connectivity index is 1.79. The molecule has 0 aromatic heterocycles. The van der Waals surface area contributed by atoms with Crippen LogP contribution in [0.4, 0.5) is 0 Å². The summed E-state index contributed by atoms with van der Waals surface area (Å²) < 4.78 is 11.5. The molecule has 2 fully saturated rings. The SMILES string of the molecule is OCC1(c2ccccc2)CCC2(CC1)OCCO2. The first kappa shape index (κ1) is 12.2. The van der Waals surface area contributed by atoms with Crippen LogP contribution in [0.1, 0.15) is 31.2 Å². The number of aliphatic hydroxyl groups is 1. The van der Waals surface area contributed by atoms with Crippen LogP contribution in [0.15, 0.2) is 30.3 Å². The van der Waals surface area contributed by atoms with E-state index in [0.717, 1.165) is 25.7 Å². The molecule has 1 saturated heterocycles. The van der Waals surface area contributed by atoms with Gasteiger partial charge in [0.1, 0.15) is 0 Å². The van der Waals surface area contributed by atoms with Crippen LogP contribution < -0.4 is 0 Å². The van der Waals surface area contributed by atoms with Gasteiger partial charge in [0.2, 0.25) is 0 Å². The van der Waals surface area contributed by atoms with Crippen LogP contribution in [0.2, 0.25) is 0 Å². The Morgan fingerprint density at radius 3 is 2.11 bits per heavy atom. The Kier molecular flexibility index (Phi) is 3.14. The fraction of sp³-hybridized carbons (Fsp3) is 0.600. The maximum Gasteiger partial charge on any atom is 0.168 e. The van der Waals surface area contributed by atoms with Gasteiger partial charge in [-0.1, -0.05) is 30.3 Å². The molecule has 1 N–H and O–H groups in total. The monoisotopic (exact) mass is 248 g/mol. The lowest BCUT2D eigenvalue weighted by molar-refractivity contribution is -0.187. The van der Waals surface area contributed by atoms with Crippen molar-refractivity contribution in [3.63, 3.8) is 0 Å². The van der Waals surface area contributed by atoms with Crippen LogP contribution in [0, 0.1) is 0 Å². The molecule has 1 aliphatic heterocycles. The van der Waals surface area contributed by atoms with Gasteiger partial charge in [-0.15, -0.1) is 0 Å². The Hall–Kier alpha value is -0.900. The molecular formula is C15H20O3. The Bertz CT molecular complexity index is 385. The van der Waals surface area contributed by atoms with Crippen LogP contribution in [-0.2, 0) is 14.9 Å². The highest BCUT2D eigenvalue weighted by Crippen LogP contribution is 2.46. The molecule has 0 unspecified atom stereocenters. The van der Waals surface area contributed by atoms with E-state index in [-0.39, 0.29) is 17.8 Å². The van der Waals surface area contributed by atoms with Crippen LogP contribution in [0.3, 0.4) is 0 Å². The van der Waals surface area contributed by atoms with Crippen molar-refractivity contribution in [3.05, 3.63) is 35.9 Å². The molecule has 98 valence electrons. The molecular weight excluding hydrogens is 228 g/mol. The van der Waals surface area contributed by atoms with Gasteiger partial charge in [0.15, 0.2) is 5.79 Å². The normalized spacial score (nSPS) is 25.4. The average molecular weight is 248 g/mol. The van der Waals surface area contributed by atoms with E-state index in [1.165, 1.54) is 5.56 Å². The quantitative estimate of drug-likeness (QED) is 0.872. The highest BCUT2D eigenvalue weighted by Gasteiger charge is 2.46. The zero-order valence-corrected chi connectivity index (χ0v) is 10.6. The van der Waals surface area contributed by atoms with Crippen molar-refractivity contribution in [2.24, 2.45) is 0 Å². The molecule has 1 aliphatic carbocycles. The lowest BCUT2D eigenvalue weighted by Crippen LogP contribution is -2.44. The molecule has 1 spiro atoms. The van der Waals surface area contributed by atoms with Gasteiger partial charge in [-0.2, -0.15) is 0 Å². The van der Waals surface area contributed by atoms with E-state index in [0.29, 0.717) is 13.2 Å². The van der Waals surface area contributed by atoms with Gasteiger partial charge in [0, 0.05) is 18.3 Å². The molecule has 18 heavy (non-hydrogen) atoms. The van der Waals surface area contributed by atoms with Gasteiger partial charge in [-0.25, -0.2) is 0 Å². The molecule has 0 bridgehead atoms. The first-order valence-electron chi connectivity index (χ1n) is 6.73. The molecule has 3 heteroatoms. The smallest absolute Gasteiger partial charge is 0.168 e. The molecule has 0 radical (unpaired) electrons. The fourth-order valence-corrected chi connectivity index (χ4v) is 3.22. The first-order chi connectivity index (χ1) is 8.79. The third-order valence-electron chi connectivity index (χ3n) is 4.47. The minimum absolute atomic E-state index is 0.109. The highest BCUT2D eigenvalue weighted by atomic mass is 16.7. The summed E-state index contributed by atoms with van der Waals surface area (Å²) in [7, 11) is 0. The van der Waals surface area contributed by atoms with Gasteiger partial charge in [0.25, 0.3) is 0 Å². The van der Waals surface area contributed by atoms with Crippen molar-refractivity contribution in [2.75, 3.05) is 19.8 Å². The molecule has 2 aliphatic rings. The van der Waals surface area contributed by atoms with E-state index in [1.54, 1.807) is 0 Å². The minimum atomic E-state index is -0.354. The summed E-state index contributed by atoms with van der Waals surface area (Å²) in [6.45, 7) is 1.61. The van der Waals surface area contributed by atoms with Crippen molar-refractivity contribution in [3.8, 4) is 0 Å². The van der Waals surface area contributed by atoms with E-state index in [1.807, 2.05) is 18.2 Å². The van der Waals surface area contributed by atoms with Crippen molar-refractivity contribution >= 4 is 0 Å². The molecule has 1 aromatic carbocycles. The van der Waals surface area contributed by atoms with E-state index < -0.39 is 0 Å². The molecule has 0 amide bonds. The predicted octanol–water partition coefficient (Wildman–Crippen LogP) is 2.23. The van der Waals surface area contributed by atoms with Crippen molar-refractivity contribution in [2.45, 2.75) is 36.9 Å². The number of aliphatic hydroxyl groups excluding tert-OH is 1. The largest absolute Gasteiger partial charge is 0.395 e. The Morgan fingerprint density at radius 2 is 1.56 bits per heavy atom. The first-order valence-corrected chi connectivity index (χ1v) is 6.73. The third kappa shape index (κ3) is 1.96. The van der Waals surface area contributed by atoms with Gasteiger partial charge in [-0.3, -0.25) is 0 Å². The second-order valence-electron chi connectivity index (χ2n) is 5.41. The highest BCUT2D eigenvalue weighted by molar-refractivity contribution is 5.26. The summed E-state index contributed by atoms with van der Waals surface area (Å²) >= 11 is 0. The summed E-state index contributed by atoms with van der Waals surface area (Å²) in [5, 5.41) is 9.84. The molecule has 1 saturated carbocycles. The summed E-state index contributed by atoms with van der Waals surface area (Å²) in [5.74, 6) is -0.354. The van der Waals surface area contributed by atoms with Gasteiger partial charge in [0.05, 0.1) is 19.8 Å². The van der Waals surface area contributed by atoms with Crippen molar-refractivity contribution in [1.29, 1.82) is 0 Å². The van der Waals surface area contributed by atoms with Gasteiger partial charge in [-0.05, 0) is 18.4 Å². The zero-order chi connectivity index (χ0) is 12.5. The number of ether oxygens (including phenoxy) is 2. The molecule has 3 nitrogen and oxygen atoms in total. The second-order valence-corrected chi connectivity index (χ2v) is 5.41. The number of hydrogen-bond donors (Lipinski definition) is 1. The molecule has 0 atom stereocenters. The lowest BCUT2D eigenvalue weighted by Gasteiger charge is -2.43. The Labute approximate surface area is 108 Å². The van der Waals surface area contributed by atoms with Crippen LogP contribution >= 0.6 is 0 Å². The fourth-order valence-electron chi connectivity index (χ4n) is 3.22. The summed E-state index contributed by atoms with van der Waals surface area (Å²) in [5.41, 5.74) is 1.13. The van der Waals surface area contributed by atoms with E-state index in [9.17, 15) is 5.11 Å². The maximum atomic E-state index is 9.84. The molecule has 1 heterocycles. The average Bonchev–Trinajstić information content (AvgIpc) is 2.90. The van der Waals surface area contributed by atoms with Gasteiger partial charge >= 0.3 is 0 Å². The van der Waals surface area contributed by atoms with Crippen LogP contribution in [0.5, 0.6) is 0 Å². The second kappa shape index (κ2) is 4.65. The standard InChI is InChI=1S/C15H20O3/c16-12-14(13-4-2-1-3-5-13)6-8-15(9-7-14)17-10-11-18-15/h1-5,16H,6-12H2. The zero-order valence-electron chi connectivity index (χ0n) is 10.6. The predicted molar refractivity (Wildman–Crippen MR) is 68.3 cm³/mol. The lowest BCUT2D eigenvalue weighted by atomic mass is 9.68. The summed E-state index contributed by atoms with van der Waals surface area (Å²) in [6, 6.07) is 10.3. The van der Waals surface area contributed by atoms with Crippen molar-refractivity contribution < 1.29 is 14.6 Å². The number of hydrogen-bond acceptors (Lipinski definition) is 3. The van der Waals surface area contributed by atoms with E-state index in [2.05, 4.69) is 12.1 Å². The topological polar surface area (TPSA) is 38.7 Å². The van der Waals surface area contributed by atoms with Crippen LogP contribution in [-0.4, -0.2) is 30.7 Å². The van der Waals surface area contributed by atoms with Gasteiger partial charge < -0.3 is 14.6 Å². The number of benzene rings is 1.